The van der Waals surface area contributed by atoms with Crippen molar-refractivity contribution < 1.29 is 4.74 Å². The third-order valence-electron chi connectivity index (χ3n) is 3.64. The maximum Gasteiger partial charge on any atom is 0.0750 e. The fraction of sp³-hybridized carbons (Fsp3) is 0.600. The van der Waals surface area contributed by atoms with Gasteiger partial charge < -0.3 is 15.0 Å². The lowest BCUT2D eigenvalue weighted by Gasteiger charge is -2.23. The molecular formula is C15H24N2O. The van der Waals surface area contributed by atoms with Gasteiger partial charge in [-0.25, -0.2) is 0 Å². The summed E-state index contributed by atoms with van der Waals surface area (Å²) < 4.78 is 5.69. The minimum absolute atomic E-state index is 0.410. The summed E-state index contributed by atoms with van der Waals surface area (Å²) in [4.78, 5) is 2.30. The topological polar surface area (TPSA) is 24.5 Å². The van der Waals surface area contributed by atoms with E-state index in [0.717, 1.165) is 19.7 Å². The number of nitrogens with zero attached hydrogens (tertiary/aromatic N) is 1. The summed E-state index contributed by atoms with van der Waals surface area (Å²) in [6.07, 6.45) is 2.81. The molecule has 0 amide bonds. The van der Waals surface area contributed by atoms with Gasteiger partial charge in [0.25, 0.3) is 0 Å². The van der Waals surface area contributed by atoms with E-state index in [1.54, 1.807) is 0 Å². The number of benzene rings is 1. The molecule has 1 N–H and O–H groups in total. The van der Waals surface area contributed by atoms with Crippen LogP contribution in [0.1, 0.15) is 24.0 Å². The Bertz CT molecular complexity index is 386. The van der Waals surface area contributed by atoms with Crippen molar-refractivity contribution in [2.45, 2.75) is 32.4 Å². The van der Waals surface area contributed by atoms with Gasteiger partial charge in [0, 0.05) is 32.4 Å². The average Bonchev–Trinajstić information content (AvgIpc) is 2.84. The number of ether oxygens (including phenoxy) is 1. The molecule has 0 radical (unpaired) electrons. The SMILES string of the molecule is CNCc1ccc(N(C)CC2CCCO2)cc1C. The first-order valence-electron chi connectivity index (χ1n) is 6.77. The molecule has 2 rings (SSSR count). The molecule has 1 atom stereocenters. The quantitative estimate of drug-likeness (QED) is 0.865. The van der Waals surface area contributed by atoms with Crippen LogP contribution in [-0.4, -0.2) is 33.4 Å². The van der Waals surface area contributed by atoms with E-state index in [0.29, 0.717) is 6.10 Å². The zero-order valence-electron chi connectivity index (χ0n) is 11.7. The van der Waals surface area contributed by atoms with Crippen molar-refractivity contribution in [1.82, 2.24) is 5.32 Å². The Morgan fingerprint density at radius 3 is 2.89 bits per heavy atom. The van der Waals surface area contributed by atoms with Crippen molar-refractivity contribution in [3.8, 4) is 0 Å². The second kappa shape index (κ2) is 6.21. The fourth-order valence-corrected chi connectivity index (χ4v) is 2.51. The van der Waals surface area contributed by atoms with Crippen molar-refractivity contribution >= 4 is 5.69 Å². The average molecular weight is 248 g/mol. The van der Waals surface area contributed by atoms with E-state index < -0.39 is 0 Å². The summed E-state index contributed by atoms with van der Waals surface area (Å²) in [5.41, 5.74) is 4.00. The molecule has 1 aliphatic heterocycles. The highest BCUT2D eigenvalue weighted by atomic mass is 16.5. The van der Waals surface area contributed by atoms with Crippen LogP contribution in [-0.2, 0) is 11.3 Å². The molecule has 1 aromatic carbocycles. The second-order valence-electron chi connectivity index (χ2n) is 5.16. The number of hydrogen-bond acceptors (Lipinski definition) is 3. The van der Waals surface area contributed by atoms with Crippen molar-refractivity contribution in [3.05, 3.63) is 29.3 Å². The van der Waals surface area contributed by atoms with Gasteiger partial charge in [-0.2, -0.15) is 0 Å². The van der Waals surface area contributed by atoms with Crippen LogP contribution in [0.15, 0.2) is 18.2 Å². The molecule has 0 spiro atoms. The number of rotatable bonds is 5. The largest absolute Gasteiger partial charge is 0.376 e. The van der Waals surface area contributed by atoms with Crippen LogP contribution >= 0.6 is 0 Å². The minimum atomic E-state index is 0.410. The first kappa shape index (κ1) is 13.4. The van der Waals surface area contributed by atoms with Gasteiger partial charge in [-0.1, -0.05) is 6.07 Å². The molecule has 0 aliphatic carbocycles. The molecule has 3 heteroatoms. The van der Waals surface area contributed by atoms with Crippen LogP contribution in [0.3, 0.4) is 0 Å². The third-order valence-corrected chi connectivity index (χ3v) is 3.64. The normalized spacial score (nSPS) is 19.2. The Morgan fingerprint density at radius 1 is 1.44 bits per heavy atom. The number of aryl methyl sites for hydroxylation is 1. The molecular weight excluding hydrogens is 224 g/mol. The van der Waals surface area contributed by atoms with Gasteiger partial charge in [0.2, 0.25) is 0 Å². The summed E-state index contributed by atoms with van der Waals surface area (Å²) in [6, 6.07) is 6.68. The summed E-state index contributed by atoms with van der Waals surface area (Å²) in [6.45, 7) is 5.03. The lowest BCUT2D eigenvalue weighted by atomic mass is 10.1. The predicted octanol–water partition coefficient (Wildman–Crippen LogP) is 2.33. The Kier molecular flexibility index (Phi) is 4.61. The minimum Gasteiger partial charge on any atom is -0.376 e. The van der Waals surface area contributed by atoms with Crippen molar-refractivity contribution in [1.29, 1.82) is 0 Å². The summed E-state index contributed by atoms with van der Waals surface area (Å²) in [5.74, 6) is 0. The highest BCUT2D eigenvalue weighted by Crippen LogP contribution is 2.21. The molecule has 1 aromatic rings. The van der Waals surface area contributed by atoms with E-state index >= 15 is 0 Å². The van der Waals surface area contributed by atoms with Crippen LogP contribution in [0.5, 0.6) is 0 Å². The first-order chi connectivity index (χ1) is 8.70. The Morgan fingerprint density at radius 2 is 2.28 bits per heavy atom. The molecule has 100 valence electrons. The lowest BCUT2D eigenvalue weighted by molar-refractivity contribution is 0.116. The van der Waals surface area contributed by atoms with Crippen molar-refractivity contribution in [2.75, 3.05) is 32.1 Å². The zero-order chi connectivity index (χ0) is 13.0. The van der Waals surface area contributed by atoms with E-state index in [1.807, 2.05) is 7.05 Å². The molecule has 1 unspecified atom stereocenters. The smallest absolute Gasteiger partial charge is 0.0750 e. The predicted molar refractivity (Wildman–Crippen MR) is 76.2 cm³/mol. The Hall–Kier alpha value is -1.06. The van der Waals surface area contributed by atoms with Crippen molar-refractivity contribution in [3.63, 3.8) is 0 Å². The molecule has 1 fully saturated rings. The second-order valence-corrected chi connectivity index (χ2v) is 5.16. The Labute approximate surface area is 110 Å². The molecule has 1 saturated heterocycles. The van der Waals surface area contributed by atoms with Crippen LogP contribution < -0.4 is 10.2 Å². The summed E-state index contributed by atoms with van der Waals surface area (Å²) in [5, 5.41) is 3.20. The van der Waals surface area contributed by atoms with Gasteiger partial charge in [0.1, 0.15) is 0 Å². The molecule has 1 heterocycles. The van der Waals surface area contributed by atoms with Gasteiger partial charge in [0.05, 0.1) is 6.10 Å². The molecule has 0 bridgehead atoms. The third kappa shape index (κ3) is 3.24. The monoisotopic (exact) mass is 248 g/mol. The summed E-state index contributed by atoms with van der Waals surface area (Å²) >= 11 is 0. The molecule has 0 aromatic heterocycles. The first-order valence-corrected chi connectivity index (χ1v) is 6.77. The van der Waals surface area contributed by atoms with E-state index in [4.69, 9.17) is 4.74 Å². The van der Waals surface area contributed by atoms with E-state index in [9.17, 15) is 0 Å². The zero-order valence-corrected chi connectivity index (χ0v) is 11.7. The van der Waals surface area contributed by atoms with Gasteiger partial charge in [-0.3, -0.25) is 0 Å². The van der Waals surface area contributed by atoms with Crippen molar-refractivity contribution in [2.24, 2.45) is 0 Å². The highest BCUT2D eigenvalue weighted by Gasteiger charge is 2.17. The number of nitrogens with one attached hydrogen (secondary N) is 1. The van der Waals surface area contributed by atoms with Gasteiger partial charge in [-0.15, -0.1) is 0 Å². The lowest BCUT2D eigenvalue weighted by Crippen LogP contribution is -2.28. The number of hydrogen-bond donors (Lipinski definition) is 1. The van der Waals surface area contributed by atoms with Gasteiger partial charge in [0.15, 0.2) is 0 Å². The van der Waals surface area contributed by atoms with Crippen LogP contribution in [0, 0.1) is 6.92 Å². The van der Waals surface area contributed by atoms with Gasteiger partial charge >= 0.3 is 0 Å². The maximum absolute atomic E-state index is 5.69. The molecule has 0 saturated carbocycles. The van der Waals surface area contributed by atoms with E-state index in [-0.39, 0.29) is 0 Å². The van der Waals surface area contributed by atoms with Crippen LogP contribution in [0.25, 0.3) is 0 Å². The number of anilines is 1. The van der Waals surface area contributed by atoms with Gasteiger partial charge in [-0.05, 0) is 50.1 Å². The standard InChI is InChI=1S/C15H24N2O/c1-12-9-14(7-6-13(12)10-16-2)17(3)11-15-5-4-8-18-15/h6-7,9,15-16H,4-5,8,10-11H2,1-3H3. The van der Waals surface area contributed by atoms with Crippen LogP contribution in [0.4, 0.5) is 5.69 Å². The Balaban J connectivity index is 2.01. The van der Waals surface area contributed by atoms with Crippen LogP contribution in [0.2, 0.25) is 0 Å². The number of likely N-dealkylation sites (N-methyl/N-ethyl adjacent to an activating group) is 1. The molecule has 3 nitrogen and oxygen atoms in total. The maximum atomic E-state index is 5.69. The van der Waals surface area contributed by atoms with E-state index in [1.165, 1.54) is 29.7 Å². The highest BCUT2D eigenvalue weighted by molar-refractivity contribution is 5.50. The van der Waals surface area contributed by atoms with E-state index in [2.05, 4.69) is 42.4 Å². The summed E-state index contributed by atoms with van der Waals surface area (Å²) in [7, 11) is 4.13. The fourth-order valence-electron chi connectivity index (χ4n) is 2.51. The molecule has 18 heavy (non-hydrogen) atoms. The molecule has 1 aliphatic rings.